The van der Waals surface area contributed by atoms with Crippen molar-refractivity contribution in [3.05, 3.63) is 11.1 Å². The fraction of sp³-hybridized carbons (Fsp3) is 0.773. The molecule has 0 aliphatic heterocycles. The first-order chi connectivity index (χ1) is 11.2. The van der Waals surface area contributed by atoms with E-state index in [2.05, 4.69) is 53.4 Å². The van der Waals surface area contributed by atoms with E-state index in [4.69, 9.17) is 0 Å². The van der Waals surface area contributed by atoms with Gasteiger partial charge in [0.25, 0.3) is 0 Å². The van der Waals surface area contributed by atoms with Crippen LogP contribution < -0.4 is 0 Å². The maximum absolute atomic E-state index is 10.4. The third-order valence-corrected chi connectivity index (χ3v) is 3.25. The quantitative estimate of drug-likeness (QED) is 0.405. The van der Waals surface area contributed by atoms with Gasteiger partial charge in [0, 0.05) is 26.9 Å². The Hall–Kier alpha value is -1.23. The first-order valence-corrected chi connectivity index (χ1v) is 9.42. The molecule has 24 heavy (non-hydrogen) atoms. The molecule has 0 atom stereocenters. The van der Waals surface area contributed by atoms with Gasteiger partial charge in [0.15, 0.2) is 0 Å². The highest BCUT2D eigenvalue weighted by molar-refractivity contribution is 5.75. The molecule has 0 unspecified atom stereocenters. The molecule has 1 amide bonds. The number of amides is 1. The molecule has 0 heterocycles. The Morgan fingerprint density at radius 3 is 1.33 bits per heavy atom. The third-order valence-electron chi connectivity index (χ3n) is 3.25. The highest BCUT2D eigenvalue weighted by Crippen LogP contribution is 2.04. The number of unbranched alkanes of at least 4 members (excludes halogenated alkanes) is 2. The lowest BCUT2D eigenvalue weighted by Gasteiger charge is -2.05. The zero-order valence-corrected chi connectivity index (χ0v) is 18.6. The summed E-state index contributed by atoms with van der Waals surface area (Å²) in [5.74, 6) is 5.81. The minimum atomic E-state index is 0.181. The summed E-state index contributed by atoms with van der Waals surface area (Å²) in [5, 5.41) is 0. The monoisotopic (exact) mass is 339 g/mol. The van der Waals surface area contributed by atoms with Crippen LogP contribution in [0.15, 0.2) is 11.1 Å². The van der Waals surface area contributed by atoms with Gasteiger partial charge in [-0.25, -0.2) is 0 Å². The molecule has 2 heteroatoms. The lowest BCUT2D eigenvalue weighted by molar-refractivity contribution is -0.128. The Balaban J connectivity index is -0.000000113. The average molecular weight is 340 g/mol. The first-order valence-electron chi connectivity index (χ1n) is 9.42. The predicted octanol–water partition coefficient (Wildman–Crippen LogP) is 6.85. The number of allylic oxidation sites excluding steroid dienone is 2. The summed E-state index contributed by atoms with van der Waals surface area (Å²) in [5.41, 5.74) is 2.97. The third kappa shape index (κ3) is 37.2. The summed E-state index contributed by atoms with van der Waals surface area (Å²) in [4.78, 5) is 12.0. The van der Waals surface area contributed by atoms with Gasteiger partial charge in [-0.3, -0.25) is 4.79 Å². The minimum Gasteiger partial charge on any atom is -0.349 e. The van der Waals surface area contributed by atoms with Gasteiger partial charge in [-0.1, -0.05) is 65.0 Å². The SMILES string of the molecule is CC#CCC.CCC(=O)N(C)C.CCC(C)=C(C)C.CCCCC. The fourth-order valence-electron chi connectivity index (χ4n) is 1.20. The summed E-state index contributed by atoms with van der Waals surface area (Å²) in [6.45, 7) is 18.8. The standard InChI is InChI=1S/C7H14.C5H11NO.C5H12.C5H8/c1-5-7(4)6(2)3;1-4-5(7)6(2)3;2*1-3-5-4-2/h5H2,1-4H3;4H2,1-3H3;3-5H2,1-2H3;3H2,1-2H3. The predicted molar refractivity (Wildman–Crippen MR) is 112 cm³/mol. The molecule has 0 radical (unpaired) electrons. The van der Waals surface area contributed by atoms with E-state index < -0.39 is 0 Å². The second-order valence-corrected chi connectivity index (χ2v) is 5.91. The normalized spacial score (nSPS) is 7.79. The number of hydrogen-bond donors (Lipinski definition) is 0. The Morgan fingerprint density at radius 1 is 0.875 bits per heavy atom. The van der Waals surface area contributed by atoms with Gasteiger partial charge in [-0.15, -0.1) is 11.8 Å². The van der Waals surface area contributed by atoms with Gasteiger partial charge in [0.1, 0.15) is 0 Å². The lowest BCUT2D eigenvalue weighted by Crippen LogP contribution is -2.19. The number of carbonyl (C=O) groups is 1. The van der Waals surface area contributed by atoms with E-state index in [0.29, 0.717) is 6.42 Å². The summed E-state index contributed by atoms with van der Waals surface area (Å²) in [6, 6.07) is 0. The molecule has 2 nitrogen and oxygen atoms in total. The van der Waals surface area contributed by atoms with E-state index in [-0.39, 0.29) is 5.91 Å². The molecule has 0 aromatic rings. The van der Waals surface area contributed by atoms with Crippen molar-refractivity contribution in [1.29, 1.82) is 0 Å². The Bertz CT molecular complexity index is 337. The van der Waals surface area contributed by atoms with Crippen molar-refractivity contribution >= 4 is 5.91 Å². The topological polar surface area (TPSA) is 20.3 Å². The largest absolute Gasteiger partial charge is 0.349 e. The first kappa shape index (κ1) is 30.6. The van der Waals surface area contributed by atoms with Gasteiger partial charge in [0.05, 0.1) is 0 Å². The molecule has 0 rings (SSSR count). The summed E-state index contributed by atoms with van der Waals surface area (Å²) in [7, 11) is 3.51. The van der Waals surface area contributed by atoms with Crippen LogP contribution in [0.3, 0.4) is 0 Å². The van der Waals surface area contributed by atoms with Crippen LogP contribution in [-0.2, 0) is 4.79 Å². The minimum absolute atomic E-state index is 0.181. The summed E-state index contributed by atoms with van der Waals surface area (Å²) >= 11 is 0. The summed E-state index contributed by atoms with van der Waals surface area (Å²) in [6.07, 6.45) is 6.86. The van der Waals surface area contributed by atoms with E-state index >= 15 is 0 Å². The highest BCUT2D eigenvalue weighted by Gasteiger charge is 1.95. The van der Waals surface area contributed by atoms with Gasteiger partial charge in [0.2, 0.25) is 5.91 Å². The van der Waals surface area contributed by atoms with Gasteiger partial charge in [-0.05, 0) is 34.1 Å². The van der Waals surface area contributed by atoms with Crippen molar-refractivity contribution in [1.82, 2.24) is 4.90 Å². The highest BCUT2D eigenvalue weighted by atomic mass is 16.2. The zero-order valence-electron chi connectivity index (χ0n) is 18.6. The van der Waals surface area contributed by atoms with Crippen molar-refractivity contribution in [3.8, 4) is 11.8 Å². The second-order valence-electron chi connectivity index (χ2n) is 5.91. The van der Waals surface area contributed by atoms with Crippen LogP contribution >= 0.6 is 0 Å². The van der Waals surface area contributed by atoms with Gasteiger partial charge < -0.3 is 4.90 Å². The number of hydrogen-bond acceptors (Lipinski definition) is 1. The molecule has 0 saturated carbocycles. The van der Waals surface area contributed by atoms with Crippen LogP contribution in [0.5, 0.6) is 0 Å². The molecule has 0 aliphatic rings. The molecule has 0 bridgehead atoms. The van der Waals surface area contributed by atoms with Crippen molar-refractivity contribution in [3.63, 3.8) is 0 Å². The number of rotatable bonds is 4. The van der Waals surface area contributed by atoms with E-state index in [1.807, 2.05) is 20.8 Å². The maximum Gasteiger partial charge on any atom is 0.221 e. The molecule has 0 aliphatic carbocycles. The lowest BCUT2D eigenvalue weighted by atomic mass is 10.1. The average Bonchev–Trinajstić information content (AvgIpc) is 2.56. The van der Waals surface area contributed by atoms with Crippen LogP contribution in [0, 0.1) is 11.8 Å². The molecule has 0 saturated heterocycles. The van der Waals surface area contributed by atoms with Crippen LogP contribution in [0.25, 0.3) is 0 Å². The van der Waals surface area contributed by atoms with Gasteiger partial charge >= 0.3 is 0 Å². The van der Waals surface area contributed by atoms with E-state index in [1.54, 1.807) is 19.0 Å². The molecule has 0 aromatic carbocycles. The number of nitrogens with zero attached hydrogens (tertiary/aromatic N) is 1. The Labute approximate surface area is 154 Å². The van der Waals surface area contributed by atoms with Gasteiger partial charge in [-0.2, -0.15) is 0 Å². The maximum atomic E-state index is 10.4. The molecule has 0 spiro atoms. The van der Waals surface area contributed by atoms with Crippen molar-refractivity contribution in [2.45, 2.75) is 101 Å². The summed E-state index contributed by atoms with van der Waals surface area (Å²) < 4.78 is 0. The van der Waals surface area contributed by atoms with Crippen LogP contribution in [0.1, 0.15) is 101 Å². The molecule has 0 N–H and O–H groups in total. The second kappa shape index (κ2) is 26.7. The Morgan fingerprint density at radius 2 is 1.33 bits per heavy atom. The molecule has 144 valence electrons. The smallest absolute Gasteiger partial charge is 0.221 e. The molecular weight excluding hydrogens is 294 g/mol. The van der Waals surface area contributed by atoms with E-state index in [9.17, 15) is 4.79 Å². The van der Waals surface area contributed by atoms with Crippen LogP contribution in [0.2, 0.25) is 0 Å². The Kier molecular flexibility index (Phi) is 34.0. The molecule has 0 fully saturated rings. The van der Waals surface area contributed by atoms with Crippen LogP contribution in [0.4, 0.5) is 0 Å². The van der Waals surface area contributed by atoms with Crippen molar-refractivity contribution < 1.29 is 4.79 Å². The zero-order chi connectivity index (χ0) is 20.0. The molecule has 0 aromatic heterocycles. The fourth-order valence-corrected chi connectivity index (χ4v) is 1.20. The molecular formula is C22H45NO. The van der Waals surface area contributed by atoms with Crippen molar-refractivity contribution in [2.24, 2.45) is 0 Å². The van der Waals surface area contributed by atoms with E-state index in [0.717, 1.165) is 6.42 Å². The van der Waals surface area contributed by atoms with Crippen LogP contribution in [-0.4, -0.2) is 24.9 Å². The van der Waals surface area contributed by atoms with Crippen molar-refractivity contribution in [2.75, 3.05) is 14.1 Å². The van der Waals surface area contributed by atoms with E-state index in [1.165, 1.54) is 36.8 Å². The number of carbonyl (C=O) groups excluding carboxylic acids is 1.